The number of hydrogen-bond donors (Lipinski definition) is 1. The number of benzene rings is 1. The highest BCUT2D eigenvalue weighted by atomic mass is 79.9. The predicted molar refractivity (Wildman–Crippen MR) is 57.4 cm³/mol. The molecule has 1 aromatic carbocycles. The maximum atomic E-state index is 3.82. The Morgan fingerprint density at radius 1 is 1.58 bits per heavy atom. The van der Waals surface area contributed by atoms with Crippen LogP contribution in [0.1, 0.15) is 6.92 Å². The van der Waals surface area contributed by atoms with Crippen LogP contribution >= 0.6 is 15.9 Å². The number of rotatable bonds is 3. The molecule has 0 atom stereocenters. The lowest BCUT2D eigenvalue weighted by Gasteiger charge is -2.05. The minimum atomic E-state index is 0.830. The fraction of sp³-hybridized carbons (Fsp3) is 0.200. The van der Waals surface area contributed by atoms with Gasteiger partial charge in [-0.25, -0.2) is 0 Å². The minimum absolute atomic E-state index is 0.830. The molecule has 0 bridgehead atoms. The lowest BCUT2D eigenvalue weighted by Crippen LogP contribution is -2.01. The van der Waals surface area contributed by atoms with Crippen LogP contribution in [-0.2, 0) is 0 Å². The van der Waals surface area contributed by atoms with Gasteiger partial charge >= 0.3 is 0 Å². The number of hydrogen-bond acceptors (Lipinski definition) is 1. The van der Waals surface area contributed by atoms with E-state index in [1.807, 2.05) is 31.2 Å². The molecule has 12 heavy (non-hydrogen) atoms. The summed E-state index contributed by atoms with van der Waals surface area (Å²) in [5.41, 5.74) is 2.25. The monoisotopic (exact) mass is 225 g/mol. The molecule has 0 aliphatic rings. The molecule has 0 unspecified atom stereocenters. The first-order valence-electron chi connectivity index (χ1n) is 3.82. The molecule has 0 fully saturated rings. The summed E-state index contributed by atoms with van der Waals surface area (Å²) < 4.78 is 1.09. The van der Waals surface area contributed by atoms with Crippen LogP contribution in [0.3, 0.4) is 0 Å². The zero-order valence-corrected chi connectivity index (χ0v) is 8.69. The van der Waals surface area contributed by atoms with Crippen molar-refractivity contribution < 1.29 is 0 Å². The van der Waals surface area contributed by atoms with E-state index in [0.29, 0.717) is 0 Å². The fourth-order valence-corrected chi connectivity index (χ4v) is 1.25. The molecule has 2 heteroatoms. The molecular weight excluding hydrogens is 214 g/mol. The van der Waals surface area contributed by atoms with E-state index >= 15 is 0 Å². The molecule has 0 aliphatic carbocycles. The Hall–Kier alpha value is -0.760. The third-order valence-corrected chi connectivity index (χ3v) is 1.91. The van der Waals surface area contributed by atoms with Crippen molar-refractivity contribution in [1.29, 1.82) is 0 Å². The van der Waals surface area contributed by atoms with Crippen molar-refractivity contribution in [1.82, 2.24) is 0 Å². The Labute approximate surface area is 81.6 Å². The summed E-state index contributed by atoms with van der Waals surface area (Å²) in [4.78, 5) is 0. The normalized spacial score (nSPS) is 9.50. The largest absolute Gasteiger partial charge is 0.381 e. The molecule has 0 amide bonds. The van der Waals surface area contributed by atoms with Crippen LogP contribution in [0.4, 0.5) is 5.69 Å². The molecule has 0 radical (unpaired) electrons. The van der Waals surface area contributed by atoms with Gasteiger partial charge in [0.25, 0.3) is 0 Å². The van der Waals surface area contributed by atoms with E-state index in [1.165, 1.54) is 0 Å². The Morgan fingerprint density at radius 2 is 2.33 bits per heavy atom. The third kappa shape index (κ3) is 3.09. The molecule has 1 N–H and O–H groups in total. The van der Waals surface area contributed by atoms with Crippen LogP contribution in [0.2, 0.25) is 0 Å². The first-order valence-corrected chi connectivity index (χ1v) is 4.61. The molecule has 1 rings (SSSR count). The summed E-state index contributed by atoms with van der Waals surface area (Å²) in [5, 5.41) is 3.26. The van der Waals surface area contributed by atoms with Crippen LogP contribution in [0.5, 0.6) is 0 Å². The third-order valence-electron chi connectivity index (χ3n) is 1.42. The zero-order valence-electron chi connectivity index (χ0n) is 7.10. The van der Waals surface area contributed by atoms with Crippen LogP contribution in [-0.4, -0.2) is 6.54 Å². The molecule has 64 valence electrons. The van der Waals surface area contributed by atoms with Gasteiger partial charge in [-0.3, -0.25) is 0 Å². The van der Waals surface area contributed by atoms with Crippen molar-refractivity contribution in [2.24, 2.45) is 0 Å². The summed E-state index contributed by atoms with van der Waals surface area (Å²) in [6, 6.07) is 8.09. The van der Waals surface area contributed by atoms with Gasteiger partial charge in [-0.1, -0.05) is 34.1 Å². The van der Waals surface area contributed by atoms with Gasteiger partial charge in [-0.05, 0) is 25.1 Å². The van der Waals surface area contributed by atoms with Gasteiger partial charge in [0, 0.05) is 16.7 Å². The molecule has 0 aromatic heterocycles. The van der Waals surface area contributed by atoms with Gasteiger partial charge in [-0.15, -0.1) is 0 Å². The van der Waals surface area contributed by atoms with Crippen LogP contribution < -0.4 is 5.32 Å². The van der Waals surface area contributed by atoms with E-state index < -0.39 is 0 Å². The zero-order chi connectivity index (χ0) is 8.97. The number of halogens is 1. The fourth-order valence-electron chi connectivity index (χ4n) is 0.851. The number of nitrogens with one attached hydrogen (secondary N) is 1. The highest BCUT2D eigenvalue weighted by Gasteiger charge is 1.91. The van der Waals surface area contributed by atoms with E-state index in [-0.39, 0.29) is 0 Å². The summed E-state index contributed by atoms with van der Waals surface area (Å²) in [7, 11) is 0. The highest BCUT2D eigenvalue weighted by Crippen LogP contribution is 2.15. The second-order valence-corrected chi connectivity index (χ2v) is 3.74. The maximum absolute atomic E-state index is 3.82. The smallest absolute Gasteiger partial charge is 0.0354 e. The molecule has 0 heterocycles. The molecule has 0 spiro atoms. The van der Waals surface area contributed by atoms with Gasteiger partial charge in [0.15, 0.2) is 0 Å². The van der Waals surface area contributed by atoms with Crippen molar-refractivity contribution in [2.75, 3.05) is 11.9 Å². The summed E-state index contributed by atoms with van der Waals surface area (Å²) >= 11 is 3.41. The van der Waals surface area contributed by atoms with Crippen molar-refractivity contribution in [3.63, 3.8) is 0 Å². The highest BCUT2D eigenvalue weighted by molar-refractivity contribution is 9.10. The van der Waals surface area contributed by atoms with Crippen LogP contribution in [0.25, 0.3) is 0 Å². The second-order valence-electron chi connectivity index (χ2n) is 2.82. The van der Waals surface area contributed by atoms with E-state index in [9.17, 15) is 0 Å². The van der Waals surface area contributed by atoms with Gasteiger partial charge in [0.1, 0.15) is 0 Å². The van der Waals surface area contributed by atoms with Gasteiger partial charge in [0.2, 0.25) is 0 Å². The Bertz CT molecular complexity index is 281. The standard InChI is InChI=1S/C10H12BrN/c1-8(2)7-12-10-5-3-4-9(11)6-10/h3-6,12H,1,7H2,2H3. The van der Waals surface area contributed by atoms with Gasteiger partial charge in [0.05, 0.1) is 0 Å². The molecule has 0 saturated heterocycles. The number of anilines is 1. The minimum Gasteiger partial charge on any atom is -0.381 e. The Morgan fingerprint density at radius 3 is 2.92 bits per heavy atom. The Kier molecular flexibility index (Phi) is 3.35. The van der Waals surface area contributed by atoms with Gasteiger partial charge in [-0.2, -0.15) is 0 Å². The van der Waals surface area contributed by atoms with Crippen molar-refractivity contribution in [3.8, 4) is 0 Å². The van der Waals surface area contributed by atoms with Gasteiger partial charge < -0.3 is 5.32 Å². The average molecular weight is 226 g/mol. The van der Waals surface area contributed by atoms with Crippen LogP contribution in [0.15, 0.2) is 40.9 Å². The molecule has 0 saturated carbocycles. The summed E-state index contributed by atoms with van der Waals surface area (Å²) in [5.74, 6) is 0. The first kappa shape index (κ1) is 9.33. The average Bonchev–Trinajstić information content (AvgIpc) is 2.01. The second kappa shape index (κ2) is 4.31. The lowest BCUT2D eigenvalue weighted by atomic mass is 10.3. The van der Waals surface area contributed by atoms with E-state index in [0.717, 1.165) is 22.3 Å². The quantitative estimate of drug-likeness (QED) is 0.778. The summed E-state index contributed by atoms with van der Waals surface area (Å²) in [6.07, 6.45) is 0. The van der Waals surface area contributed by atoms with E-state index in [1.54, 1.807) is 0 Å². The van der Waals surface area contributed by atoms with Crippen LogP contribution in [0, 0.1) is 0 Å². The Balaban J connectivity index is 2.57. The topological polar surface area (TPSA) is 12.0 Å². The van der Waals surface area contributed by atoms with E-state index in [2.05, 4.69) is 27.8 Å². The molecule has 1 aromatic rings. The van der Waals surface area contributed by atoms with E-state index in [4.69, 9.17) is 0 Å². The molecular formula is C10H12BrN. The predicted octanol–water partition coefficient (Wildman–Crippen LogP) is 3.44. The maximum Gasteiger partial charge on any atom is 0.0354 e. The SMILES string of the molecule is C=C(C)CNc1cccc(Br)c1. The first-order chi connectivity index (χ1) is 5.68. The summed E-state index contributed by atoms with van der Waals surface area (Å²) in [6.45, 7) is 6.65. The molecule has 1 nitrogen and oxygen atoms in total. The van der Waals surface area contributed by atoms with Crippen molar-refractivity contribution >= 4 is 21.6 Å². The van der Waals surface area contributed by atoms with Crippen molar-refractivity contribution in [3.05, 3.63) is 40.9 Å². The molecule has 0 aliphatic heterocycles. The lowest BCUT2D eigenvalue weighted by molar-refractivity contribution is 1.22. The van der Waals surface area contributed by atoms with Crippen molar-refractivity contribution in [2.45, 2.75) is 6.92 Å².